The molecule has 2 N–H and O–H groups in total. The van der Waals surface area contributed by atoms with Crippen LogP contribution in [0.25, 0.3) is 65.7 Å². The van der Waals surface area contributed by atoms with Crippen molar-refractivity contribution in [2.45, 2.75) is 66.2 Å². The Balaban J connectivity index is 0.000000383. The minimum Gasteiger partial charge on any atom is -1.00 e. The SMILES string of the molecule is C#CCBr.C#CCOc1ccc2ccccc2c1.CC.CC.CC1(C)c2ccccc2-c2ccccc21.CC1(C)c2ccccc2-c2ccccc21.O=C1c2ccccc2-c2ccccc21.O=CO[O-].Oc1ccc2ccccc2c1.Oc1ccc2ccccc2c1.PPP.[H-].[K+].[K+]. The number of ketones is 1. The zero-order valence-electron chi connectivity index (χ0n) is 58.1. The molecule has 0 saturated carbocycles. The first-order chi connectivity index (χ1) is 46.2. The van der Waals surface area contributed by atoms with Crippen molar-refractivity contribution in [1.82, 2.24) is 0 Å². The number of benzene rings is 12. The van der Waals surface area contributed by atoms with Crippen LogP contribution in [0.2, 0.25) is 0 Å². The van der Waals surface area contributed by atoms with E-state index < -0.39 is 0 Å². The van der Waals surface area contributed by atoms with Gasteiger partial charge in [0.05, 0.1) is 5.33 Å². The fraction of sp³-hybridized carbons (Fsp3) is 0.143. The van der Waals surface area contributed by atoms with Crippen LogP contribution in [-0.2, 0) is 20.5 Å². The van der Waals surface area contributed by atoms with Crippen LogP contribution in [0.1, 0.15) is 95.0 Å². The molecule has 12 aromatic carbocycles. The first kappa shape index (κ1) is 85.3. The molecule has 7 nitrogen and oxygen atoms in total. The van der Waals surface area contributed by atoms with Crippen LogP contribution in [0.3, 0.4) is 0 Å². The van der Waals surface area contributed by atoms with E-state index in [1.54, 1.807) is 24.3 Å². The van der Waals surface area contributed by atoms with Gasteiger partial charge in [0.15, 0.2) is 5.78 Å². The molecule has 0 amide bonds. The number of phenols is 2. The molecule has 2 unspecified atom stereocenters. The summed E-state index contributed by atoms with van der Waals surface area (Å²) in [6, 6.07) is 91.1. The summed E-state index contributed by atoms with van der Waals surface area (Å²) in [4.78, 5) is 23.1. The summed E-state index contributed by atoms with van der Waals surface area (Å²) in [6.45, 7) is 17.4. The van der Waals surface area contributed by atoms with Crippen molar-refractivity contribution >= 4 is 86.3 Å². The molecule has 13 heteroatoms. The van der Waals surface area contributed by atoms with Crippen molar-refractivity contribution in [2.24, 2.45) is 0 Å². The second kappa shape index (κ2) is 45.7. The smallest absolute Gasteiger partial charge is 1.00 e. The summed E-state index contributed by atoms with van der Waals surface area (Å²) in [7, 11) is 6.06. The van der Waals surface area contributed by atoms with Crippen LogP contribution in [0, 0.1) is 24.7 Å². The maximum atomic E-state index is 11.9. The van der Waals surface area contributed by atoms with Crippen molar-refractivity contribution < 1.29 is 139 Å². The van der Waals surface area contributed by atoms with E-state index >= 15 is 0 Å². The third kappa shape index (κ3) is 24.2. The minimum atomic E-state index is -0.181. The number of phenolic OH excluding ortho intramolecular Hbond substituents is 2. The molecular formula is C84H84BrK2O7P3. The van der Waals surface area contributed by atoms with Crippen LogP contribution in [0.15, 0.2) is 273 Å². The Morgan fingerprint density at radius 2 is 0.691 bits per heavy atom. The number of aromatic hydroxyl groups is 2. The standard InChI is InChI=1S/2C15H14.C13H8O.C13H10O.2C10H8O.C3H3Br.2C2H6.CH2O3.2K.H5P3.H/c2*1-15(2)13-9-5-3-7-11(13)12-8-4-6-10-14(12)15;14-13-11-7-3-1-5-9(11)10-6-2-4-8-12(10)13;1-2-9-14-13-8-7-11-5-3-4-6-12(11)10-13;2*11-10-6-5-8-3-1-2-4-9(8)7-10;1-2-3-4;2*1-2;2-1-4-3;;;1-3-2;/h2*3-10H,1-2H3;1-8H;1,3-8,10H,9H2;2*1-7,11H;1H,3H2;2*1-2H3;1,3H;;;3H,1-2H2;/q;;;;;;;;;;2*+1;;-1/p-1. The summed E-state index contributed by atoms with van der Waals surface area (Å²) in [5.41, 5.74) is 15.5. The Bertz CT molecular complexity index is 4170. The fourth-order valence-corrected chi connectivity index (χ4v) is 11.1. The Morgan fingerprint density at radius 3 is 0.979 bits per heavy atom. The van der Waals surface area contributed by atoms with Gasteiger partial charge in [-0.05, 0) is 124 Å². The quantitative estimate of drug-likeness (QED) is 0.0344. The number of hydrogen-bond acceptors (Lipinski definition) is 7. The average molecular weight is 1460 g/mol. The van der Waals surface area contributed by atoms with E-state index in [4.69, 9.17) is 37.8 Å². The number of fused-ring (bicyclic) bond motifs is 12. The number of alkyl halides is 1. The third-order valence-corrected chi connectivity index (χ3v) is 15.6. The van der Waals surface area contributed by atoms with Crippen molar-refractivity contribution in [3.8, 4) is 75.3 Å². The maximum Gasteiger partial charge on any atom is 1.00 e. The van der Waals surface area contributed by atoms with Crippen molar-refractivity contribution in [3.63, 3.8) is 0 Å². The van der Waals surface area contributed by atoms with E-state index in [0.717, 1.165) is 57.5 Å². The summed E-state index contributed by atoms with van der Waals surface area (Å²) in [6.07, 6.45) is 9.84. The van der Waals surface area contributed by atoms with E-state index in [9.17, 15) is 4.79 Å². The van der Waals surface area contributed by atoms with Gasteiger partial charge in [-0.25, -0.2) is 0 Å². The monoisotopic (exact) mass is 1450 g/mol. The number of terminal acetylenes is 2. The van der Waals surface area contributed by atoms with Gasteiger partial charge in [0.25, 0.3) is 6.47 Å². The van der Waals surface area contributed by atoms with E-state index in [2.05, 4.69) is 187 Å². The number of hydrogen-bond donors (Lipinski definition) is 2. The van der Waals surface area contributed by atoms with Gasteiger partial charge in [0, 0.05) is 22.0 Å². The third-order valence-electron chi connectivity index (χ3n) is 15.2. The number of carbonyl (C=O) groups excluding carboxylic acids is 2. The maximum absolute atomic E-state index is 11.9. The summed E-state index contributed by atoms with van der Waals surface area (Å²) in [5, 5.41) is 34.2. The van der Waals surface area contributed by atoms with E-state index in [1.807, 2.05) is 167 Å². The largest absolute Gasteiger partial charge is 1.00 e. The van der Waals surface area contributed by atoms with Gasteiger partial charge in [-0.1, -0.05) is 328 Å². The minimum absolute atomic E-state index is 0. The van der Waals surface area contributed by atoms with Crippen LogP contribution in [0.4, 0.5) is 0 Å². The first-order valence-electron chi connectivity index (χ1n) is 31.1. The molecule has 0 bridgehead atoms. The van der Waals surface area contributed by atoms with Crippen molar-refractivity contribution in [3.05, 3.63) is 306 Å². The Morgan fingerprint density at radius 1 is 0.443 bits per heavy atom. The molecular weight excluding hydrogens is 1370 g/mol. The van der Waals surface area contributed by atoms with E-state index in [0.29, 0.717) is 23.4 Å². The summed E-state index contributed by atoms with van der Waals surface area (Å²) in [5.74, 6) is 6.41. The van der Waals surface area contributed by atoms with E-state index in [-0.39, 0.29) is 127 Å². The molecule has 0 radical (unpaired) electrons. The molecule has 486 valence electrons. The van der Waals surface area contributed by atoms with Gasteiger partial charge in [-0.2, -0.15) is 0 Å². The molecule has 97 heavy (non-hydrogen) atoms. The molecule has 15 rings (SSSR count). The molecule has 0 spiro atoms. The molecule has 0 aromatic heterocycles. The van der Waals surface area contributed by atoms with Crippen LogP contribution in [-0.4, -0.2) is 34.4 Å². The molecule has 0 heterocycles. The average Bonchev–Trinajstić information content (AvgIpc) is 1.61. The Hall–Kier alpha value is -5.92. The number of ether oxygens (including phenoxy) is 1. The Labute approximate surface area is 676 Å². The number of halogens is 1. The van der Waals surface area contributed by atoms with Gasteiger partial charge >= 0.3 is 103 Å². The second-order valence-corrected chi connectivity index (χ2v) is 26.5. The van der Waals surface area contributed by atoms with Crippen LogP contribution >= 0.6 is 41.7 Å². The van der Waals surface area contributed by atoms with Crippen LogP contribution in [0.5, 0.6) is 17.2 Å². The molecule has 0 saturated heterocycles. The number of carbonyl (C=O) groups is 2. The van der Waals surface area contributed by atoms with Gasteiger partial charge in [0.2, 0.25) is 0 Å². The second-order valence-electron chi connectivity index (χ2n) is 21.6. The molecule has 12 aromatic rings. The van der Waals surface area contributed by atoms with Gasteiger partial charge in [-0.15, -0.1) is 30.7 Å². The molecule has 2 atom stereocenters. The molecule has 0 fully saturated rings. The van der Waals surface area contributed by atoms with Crippen LogP contribution < -0.4 is 113 Å². The fourth-order valence-electron chi connectivity index (χ4n) is 11.1. The van der Waals surface area contributed by atoms with E-state index in [1.165, 1.54) is 55.3 Å². The topological polar surface area (TPSA) is 116 Å². The summed E-state index contributed by atoms with van der Waals surface area (Å²) < 4.78 is 5.33. The first-order valence-corrected chi connectivity index (χ1v) is 36.8. The van der Waals surface area contributed by atoms with Crippen molar-refractivity contribution in [2.75, 3.05) is 11.9 Å². The van der Waals surface area contributed by atoms with Gasteiger partial charge in [0.1, 0.15) is 23.9 Å². The van der Waals surface area contributed by atoms with Gasteiger partial charge in [-0.3, -0.25) is 9.59 Å². The molecule has 3 aliphatic carbocycles. The zero-order chi connectivity index (χ0) is 69.2. The van der Waals surface area contributed by atoms with Gasteiger partial charge < -0.3 is 26.5 Å². The predicted molar refractivity (Wildman–Crippen MR) is 414 cm³/mol. The molecule has 3 aliphatic rings. The van der Waals surface area contributed by atoms with Crippen molar-refractivity contribution in [1.29, 1.82) is 0 Å². The zero-order valence-corrected chi connectivity index (χ0v) is 68.2. The summed E-state index contributed by atoms with van der Waals surface area (Å²) >= 11 is 3.01. The molecule has 0 aliphatic heterocycles. The predicted octanol–water partition coefficient (Wildman–Crippen LogP) is 15.7. The Kier molecular flexibility index (Phi) is 40.2. The number of rotatable bonds is 3. The normalized spacial score (nSPS) is 11.1.